The van der Waals surface area contributed by atoms with Crippen molar-refractivity contribution in [1.29, 1.82) is 0 Å². The third-order valence-electron chi connectivity index (χ3n) is 1.36. The Morgan fingerprint density at radius 3 is 2.00 bits per heavy atom. The SMILES string of the molecule is [AlH3].[Na+].[O-][PH]1(c2ccccc2)OO1. The van der Waals surface area contributed by atoms with E-state index in [9.17, 15) is 4.89 Å². The molecule has 1 aromatic rings. The van der Waals surface area contributed by atoms with Gasteiger partial charge in [-0.1, -0.05) is 0 Å². The van der Waals surface area contributed by atoms with Crippen molar-refractivity contribution < 1.29 is 43.8 Å². The molecule has 0 atom stereocenters. The van der Waals surface area contributed by atoms with Gasteiger partial charge in [-0.15, -0.1) is 0 Å². The molecule has 0 spiro atoms. The van der Waals surface area contributed by atoms with E-state index in [1.807, 2.05) is 6.07 Å². The molecule has 1 aliphatic rings. The molecule has 3 nitrogen and oxygen atoms in total. The van der Waals surface area contributed by atoms with E-state index >= 15 is 0 Å². The molecule has 6 heteroatoms. The Morgan fingerprint density at radius 2 is 1.58 bits per heavy atom. The number of rotatable bonds is 1. The zero-order valence-corrected chi connectivity index (χ0v) is 9.11. The summed E-state index contributed by atoms with van der Waals surface area (Å²) >= 11 is 0. The average Bonchev–Trinajstić information content (AvgIpc) is 2.72. The quantitative estimate of drug-likeness (QED) is 0.205. The first-order chi connectivity index (χ1) is 4.81. The predicted molar refractivity (Wildman–Crippen MR) is 46.5 cm³/mol. The van der Waals surface area contributed by atoms with Crippen molar-refractivity contribution in [3.8, 4) is 0 Å². The van der Waals surface area contributed by atoms with Gasteiger partial charge in [-0.05, 0) is 0 Å². The molecule has 1 saturated heterocycles. The molecular weight excluding hydrogens is 201 g/mol. The summed E-state index contributed by atoms with van der Waals surface area (Å²) in [6.07, 6.45) is 0. The molecule has 0 N–H and O–H groups in total. The fraction of sp³-hybridized carbons (Fsp3) is 0. The van der Waals surface area contributed by atoms with E-state index in [1.54, 1.807) is 24.3 Å². The van der Waals surface area contributed by atoms with Gasteiger partial charge >= 0.3 is 87.4 Å². The first-order valence-corrected chi connectivity index (χ1v) is 4.66. The average molecular weight is 210 g/mol. The van der Waals surface area contributed by atoms with Crippen molar-refractivity contribution in [3.05, 3.63) is 30.3 Å². The van der Waals surface area contributed by atoms with Crippen LogP contribution in [0.4, 0.5) is 0 Å². The van der Waals surface area contributed by atoms with Crippen LogP contribution >= 0.6 is 7.94 Å². The van der Waals surface area contributed by atoms with Crippen LogP contribution in [0.15, 0.2) is 30.3 Å². The second kappa shape index (κ2) is 5.07. The van der Waals surface area contributed by atoms with Crippen molar-refractivity contribution in [1.82, 2.24) is 0 Å². The molecule has 0 bridgehead atoms. The second-order valence-corrected chi connectivity index (χ2v) is 4.11. The van der Waals surface area contributed by atoms with E-state index in [-0.39, 0.29) is 46.9 Å². The fourth-order valence-electron chi connectivity index (χ4n) is 0.776. The van der Waals surface area contributed by atoms with E-state index in [4.69, 9.17) is 0 Å². The molecule has 2 rings (SSSR count). The number of hydrogen-bond donors (Lipinski definition) is 0. The molecule has 0 unspecified atom stereocenters. The Balaban J connectivity index is 0.000000605. The van der Waals surface area contributed by atoms with Gasteiger partial charge in [-0.25, -0.2) is 0 Å². The summed E-state index contributed by atoms with van der Waals surface area (Å²) in [5.74, 6) is 0. The van der Waals surface area contributed by atoms with E-state index in [1.165, 1.54) is 0 Å². The van der Waals surface area contributed by atoms with Crippen molar-refractivity contribution in [2.24, 2.45) is 0 Å². The summed E-state index contributed by atoms with van der Waals surface area (Å²) in [7, 11) is -3.03. The zero-order valence-electron chi connectivity index (χ0n) is 6.11. The Hall–Kier alpha value is 1.06. The molecule has 1 fully saturated rings. The Labute approximate surface area is 104 Å². The Bertz CT molecular complexity index is 242. The van der Waals surface area contributed by atoms with Crippen molar-refractivity contribution in [2.75, 3.05) is 0 Å². The van der Waals surface area contributed by atoms with Gasteiger partial charge in [-0.2, -0.15) is 0 Å². The second-order valence-electron chi connectivity index (χ2n) is 2.09. The van der Waals surface area contributed by atoms with Crippen LogP contribution < -0.4 is 39.8 Å². The maximum atomic E-state index is 11.1. The molecular formula is C6H9AlNaO3P. The summed E-state index contributed by atoms with van der Waals surface area (Å²) in [6.45, 7) is 0. The third kappa shape index (κ3) is 2.78. The molecule has 0 amide bonds. The van der Waals surface area contributed by atoms with Crippen molar-refractivity contribution in [3.63, 3.8) is 0 Å². The van der Waals surface area contributed by atoms with Crippen LogP contribution in [0.25, 0.3) is 0 Å². The van der Waals surface area contributed by atoms with Crippen LogP contribution in [0, 0.1) is 0 Å². The number of benzene rings is 1. The van der Waals surface area contributed by atoms with E-state index < -0.39 is 7.94 Å². The normalized spacial score (nSPS) is 19.8. The first kappa shape index (κ1) is 13.1. The van der Waals surface area contributed by atoms with Crippen LogP contribution in [0.5, 0.6) is 0 Å². The Morgan fingerprint density at radius 1 is 1.08 bits per heavy atom. The monoisotopic (exact) mass is 210 g/mol. The molecule has 60 valence electrons. The summed E-state index contributed by atoms with van der Waals surface area (Å²) in [5, 5.41) is 0.648. The molecule has 1 aliphatic heterocycles. The summed E-state index contributed by atoms with van der Waals surface area (Å²) in [4.78, 5) is 11.1. The standard InChI is InChI=1S/C6H6O3P.Al.Na.3H/c7-10(8-9-10)6-4-2-1-3-5-6;;;;;/h1-5,10H;;;;;/q-1;;+1;;;. The van der Waals surface area contributed by atoms with Crippen LogP contribution in [-0.2, 0) is 9.35 Å². The van der Waals surface area contributed by atoms with Gasteiger partial charge < -0.3 is 0 Å². The first-order valence-electron chi connectivity index (χ1n) is 2.94. The van der Waals surface area contributed by atoms with E-state index in [0.717, 1.165) is 0 Å². The van der Waals surface area contributed by atoms with Crippen LogP contribution in [0.2, 0.25) is 0 Å². The van der Waals surface area contributed by atoms with Crippen LogP contribution in [0.1, 0.15) is 0 Å². The van der Waals surface area contributed by atoms with Gasteiger partial charge in [0.15, 0.2) is 17.4 Å². The summed E-state index contributed by atoms with van der Waals surface area (Å²) in [6, 6.07) is 8.90. The third-order valence-corrected chi connectivity index (χ3v) is 2.87. The van der Waals surface area contributed by atoms with Crippen LogP contribution in [0.3, 0.4) is 0 Å². The van der Waals surface area contributed by atoms with Crippen molar-refractivity contribution in [2.45, 2.75) is 0 Å². The predicted octanol–water partition coefficient (Wildman–Crippen LogP) is -4.05. The van der Waals surface area contributed by atoms with Crippen molar-refractivity contribution >= 4 is 30.6 Å². The topological polar surface area (TPSA) is 48.1 Å². The molecule has 0 aromatic heterocycles. The Kier molecular flexibility index (Phi) is 5.52. The van der Waals surface area contributed by atoms with Gasteiger partial charge in [0.1, 0.15) is 0 Å². The summed E-state index contributed by atoms with van der Waals surface area (Å²) < 4.78 is 8.73. The molecule has 0 aliphatic carbocycles. The van der Waals surface area contributed by atoms with Crippen LogP contribution in [-0.4, -0.2) is 17.4 Å². The molecule has 0 radical (unpaired) electrons. The fourth-order valence-corrected chi connectivity index (χ4v) is 1.87. The maximum absolute atomic E-state index is 11.1. The molecule has 1 heterocycles. The van der Waals surface area contributed by atoms with Gasteiger partial charge in [0.25, 0.3) is 0 Å². The minimum absolute atomic E-state index is 0. The minimum atomic E-state index is -3.03. The van der Waals surface area contributed by atoms with Gasteiger partial charge in [0.05, 0.1) is 0 Å². The van der Waals surface area contributed by atoms with E-state index in [2.05, 4.69) is 9.35 Å². The van der Waals surface area contributed by atoms with Gasteiger partial charge in [0.2, 0.25) is 0 Å². The van der Waals surface area contributed by atoms with Gasteiger partial charge in [0, 0.05) is 0 Å². The zero-order chi connectivity index (χ0) is 7.03. The summed E-state index contributed by atoms with van der Waals surface area (Å²) in [5.41, 5.74) is 0. The van der Waals surface area contributed by atoms with E-state index in [0.29, 0.717) is 5.30 Å². The molecule has 12 heavy (non-hydrogen) atoms. The van der Waals surface area contributed by atoms with Gasteiger partial charge in [-0.3, -0.25) is 0 Å². The molecule has 1 aromatic carbocycles. The molecule has 0 saturated carbocycles. The number of hydrogen-bond acceptors (Lipinski definition) is 3.